The number of rotatable bonds is 19. The lowest BCUT2D eigenvalue weighted by atomic mass is 9.33. The summed E-state index contributed by atoms with van der Waals surface area (Å²) in [4.78, 5) is 7.91. The summed E-state index contributed by atoms with van der Waals surface area (Å²) in [6, 6.07) is 194. The normalized spacial score (nSPS) is 11.8. The third kappa shape index (κ3) is 14.9. The SMILES string of the molecule is c1ccc(-c2ccc(-c3ccc(N(c4ccc(-c5ccc(-c6ccccc6)cc5)cc4)c4cc5c6c(c4)N(c4c(-c7ccccc7)cc(-c7ccc(-c8ccccc8)cc7)cc4-c4ccccc4)c4ccc(-c7ccccc7)cc4B6c4cc(-c6ccccc6)ccc4N5c4c(-c5ccccc5)cc(-c5ccc(-c6ccccc6)cc5)cc4-c4ccccc4)cc3)cc2)cc1. The molecule has 21 aromatic rings. The van der Waals surface area contributed by atoms with Crippen LogP contribution in [0.4, 0.5) is 51.2 Å². The summed E-state index contributed by atoms with van der Waals surface area (Å²) in [5.74, 6) is 0. The van der Waals surface area contributed by atoms with E-state index in [1.807, 2.05) is 0 Å². The molecule has 2 aliphatic rings. The maximum Gasteiger partial charge on any atom is 0.252 e. The molecule has 0 radical (unpaired) electrons. The lowest BCUT2D eigenvalue weighted by Gasteiger charge is -2.46. The van der Waals surface area contributed by atoms with Crippen LogP contribution in [0.2, 0.25) is 0 Å². The van der Waals surface area contributed by atoms with Crippen LogP contribution in [0.25, 0.3) is 156 Å². The van der Waals surface area contributed by atoms with Crippen LogP contribution >= 0.6 is 0 Å². The van der Waals surface area contributed by atoms with Gasteiger partial charge in [0.15, 0.2) is 0 Å². The summed E-state index contributed by atoms with van der Waals surface area (Å²) in [5, 5.41) is 0. The summed E-state index contributed by atoms with van der Waals surface area (Å²) in [5.41, 5.74) is 44.5. The molecule has 3 nitrogen and oxygen atoms in total. The Kier molecular flexibility index (Phi) is 20.5. The van der Waals surface area contributed by atoms with E-state index in [4.69, 9.17) is 0 Å². The zero-order valence-electron chi connectivity index (χ0n) is 71.6. The molecule has 23 rings (SSSR count). The minimum absolute atomic E-state index is 0.358. The highest BCUT2D eigenvalue weighted by molar-refractivity contribution is 7.00. The van der Waals surface area contributed by atoms with Gasteiger partial charge in [-0.25, -0.2) is 0 Å². The Morgan fingerprint density at radius 1 is 0.138 bits per heavy atom. The van der Waals surface area contributed by atoms with Crippen LogP contribution < -0.4 is 31.1 Å². The quantitative estimate of drug-likeness (QED) is 0.0747. The van der Waals surface area contributed by atoms with Crippen molar-refractivity contribution in [2.24, 2.45) is 0 Å². The van der Waals surface area contributed by atoms with Gasteiger partial charge in [0.05, 0.1) is 17.1 Å². The van der Waals surface area contributed by atoms with Crippen molar-refractivity contribution in [3.05, 3.63) is 522 Å². The Morgan fingerprint density at radius 3 is 0.554 bits per heavy atom. The first-order valence-electron chi connectivity index (χ1n) is 44.9. The fourth-order valence-electron chi connectivity index (χ4n) is 19.7. The third-order valence-electron chi connectivity index (χ3n) is 26.1. The topological polar surface area (TPSA) is 9.72 Å². The number of anilines is 9. The molecule has 21 aromatic carbocycles. The molecule has 0 aliphatic carbocycles. The van der Waals surface area contributed by atoms with Crippen LogP contribution in [-0.4, -0.2) is 6.71 Å². The largest absolute Gasteiger partial charge is 0.310 e. The van der Waals surface area contributed by atoms with E-state index in [-0.39, 0.29) is 6.71 Å². The maximum absolute atomic E-state index is 2.70. The molecule has 130 heavy (non-hydrogen) atoms. The molecule has 0 N–H and O–H groups in total. The van der Waals surface area contributed by atoms with Gasteiger partial charge in [0, 0.05) is 56.4 Å². The number of nitrogens with zero attached hydrogens (tertiary/aromatic N) is 3. The minimum Gasteiger partial charge on any atom is -0.310 e. The average molecular weight is 1650 g/mol. The van der Waals surface area contributed by atoms with Crippen molar-refractivity contribution in [3.63, 3.8) is 0 Å². The van der Waals surface area contributed by atoms with Gasteiger partial charge in [0.1, 0.15) is 0 Å². The van der Waals surface area contributed by atoms with Crippen molar-refractivity contribution in [1.82, 2.24) is 0 Å². The highest BCUT2D eigenvalue weighted by Gasteiger charge is 2.46. The van der Waals surface area contributed by atoms with E-state index in [9.17, 15) is 0 Å². The highest BCUT2D eigenvalue weighted by atomic mass is 15.2. The number of hydrogen-bond donors (Lipinski definition) is 0. The van der Waals surface area contributed by atoms with Crippen molar-refractivity contribution in [2.45, 2.75) is 0 Å². The van der Waals surface area contributed by atoms with Gasteiger partial charge in [0.2, 0.25) is 0 Å². The lowest BCUT2D eigenvalue weighted by molar-refractivity contribution is 1.23. The Bertz CT molecular complexity index is 7060. The molecule has 0 atom stereocenters. The van der Waals surface area contributed by atoms with E-state index >= 15 is 0 Å². The zero-order chi connectivity index (χ0) is 86.2. The van der Waals surface area contributed by atoms with Crippen molar-refractivity contribution in [3.8, 4) is 156 Å². The van der Waals surface area contributed by atoms with Gasteiger partial charge < -0.3 is 14.7 Å². The van der Waals surface area contributed by atoms with Crippen LogP contribution in [0.5, 0.6) is 0 Å². The molecule has 0 saturated heterocycles. The van der Waals surface area contributed by atoms with E-state index in [0.29, 0.717) is 0 Å². The molecule has 2 aliphatic heterocycles. The van der Waals surface area contributed by atoms with Gasteiger partial charge in [0.25, 0.3) is 6.71 Å². The zero-order valence-corrected chi connectivity index (χ0v) is 71.6. The average Bonchev–Trinajstić information content (AvgIpc) is 0.684. The molecule has 0 fully saturated rings. The first-order valence-corrected chi connectivity index (χ1v) is 44.9. The van der Waals surface area contributed by atoms with Gasteiger partial charge in [-0.1, -0.05) is 449 Å². The first-order chi connectivity index (χ1) is 64.5. The van der Waals surface area contributed by atoms with E-state index in [1.165, 1.54) is 49.8 Å². The van der Waals surface area contributed by atoms with Crippen LogP contribution in [-0.2, 0) is 0 Å². The number of hydrogen-bond acceptors (Lipinski definition) is 3. The first kappa shape index (κ1) is 77.9. The number of fused-ring (bicyclic) bond motifs is 4. The van der Waals surface area contributed by atoms with Crippen molar-refractivity contribution >= 4 is 74.3 Å². The van der Waals surface area contributed by atoms with Crippen LogP contribution in [0.1, 0.15) is 0 Å². The second-order valence-corrected chi connectivity index (χ2v) is 33.8. The van der Waals surface area contributed by atoms with E-state index in [0.717, 1.165) is 174 Å². The molecule has 4 heteroatoms. The van der Waals surface area contributed by atoms with Crippen molar-refractivity contribution in [1.29, 1.82) is 0 Å². The molecular formula is C126H86BN3. The van der Waals surface area contributed by atoms with Gasteiger partial charge in [-0.05, 0) is 223 Å². The fourth-order valence-corrected chi connectivity index (χ4v) is 19.7. The molecular weight excluding hydrogens is 1570 g/mol. The summed E-state index contributed by atoms with van der Waals surface area (Å²) in [6.07, 6.45) is 0. The molecule has 0 spiro atoms. The van der Waals surface area contributed by atoms with Crippen LogP contribution in [0.15, 0.2) is 522 Å². The van der Waals surface area contributed by atoms with E-state index < -0.39 is 0 Å². The summed E-state index contributed by atoms with van der Waals surface area (Å²) >= 11 is 0. The van der Waals surface area contributed by atoms with E-state index in [2.05, 4.69) is 536 Å². The van der Waals surface area contributed by atoms with Crippen molar-refractivity contribution < 1.29 is 0 Å². The second-order valence-electron chi connectivity index (χ2n) is 33.8. The molecule has 0 amide bonds. The smallest absolute Gasteiger partial charge is 0.252 e. The Morgan fingerprint density at radius 2 is 0.323 bits per heavy atom. The fraction of sp³-hybridized carbons (Fsp3) is 0. The summed E-state index contributed by atoms with van der Waals surface area (Å²) < 4.78 is 0. The molecule has 0 unspecified atom stereocenters. The molecule has 608 valence electrons. The summed E-state index contributed by atoms with van der Waals surface area (Å²) in [7, 11) is 0. The predicted molar refractivity (Wildman–Crippen MR) is 551 cm³/mol. The van der Waals surface area contributed by atoms with Gasteiger partial charge in [-0.3, -0.25) is 0 Å². The van der Waals surface area contributed by atoms with Gasteiger partial charge in [-0.15, -0.1) is 0 Å². The van der Waals surface area contributed by atoms with Crippen LogP contribution in [0.3, 0.4) is 0 Å². The Hall–Kier alpha value is -16.9. The monoisotopic (exact) mass is 1650 g/mol. The molecule has 0 aromatic heterocycles. The maximum atomic E-state index is 2.70. The third-order valence-corrected chi connectivity index (χ3v) is 26.1. The highest BCUT2D eigenvalue weighted by Crippen LogP contribution is 2.57. The van der Waals surface area contributed by atoms with Gasteiger partial charge in [-0.2, -0.15) is 0 Å². The second kappa shape index (κ2) is 34.2. The molecule has 2 heterocycles. The lowest BCUT2D eigenvalue weighted by Crippen LogP contribution is -2.61. The van der Waals surface area contributed by atoms with Crippen molar-refractivity contribution in [2.75, 3.05) is 14.7 Å². The summed E-state index contributed by atoms with van der Waals surface area (Å²) in [6.45, 7) is -0.358. The molecule has 0 bridgehead atoms. The minimum atomic E-state index is -0.358. The molecule has 0 saturated carbocycles. The Labute approximate surface area is 761 Å². The van der Waals surface area contributed by atoms with E-state index in [1.54, 1.807) is 0 Å². The standard InChI is InChI=1S/C126H86BN3/c1-11-31-87(32-12-1)93-51-55-97(56-52-93)99-67-73-111(74-68-99)128(112-75-69-100(70-76-112)98-57-53-94(54-58-98)88-33-13-2-14-34-88)113-85-122-124-123(86-113)130(126-116(105-47-27-9-28-48-105)81-110(82-117(126)106-49-29-10-30-50-106)102-65-61-96(62-66-102)90-37-17-4-18-38-90)121-78-72-108(92-41-21-6-22-42-92)84-119(121)127(124)118-83-107(91-39-19-5-20-40-91)71-77-120(118)129(122)125-114(103-43-23-7-24-44-103)79-109(80-115(125)104-45-25-8-26-46-104)101-63-59-95(60-64-101)89-35-15-3-16-36-89/h1-86H. The predicted octanol–water partition coefficient (Wildman–Crippen LogP) is 32.6. The number of benzene rings is 21. The van der Waals surface area contributed by atoms with Gasteiger partial charge >= 0.3 is 0 Å². The van der Waals surface area contributed by atoms with Crippen LogP contribution in [0, 0.1) is 0 Å². The Balaban J connectivity index is 0.847.